The Labute approximate surface area is 165 Å². The molecule has 0 aliphatic heterocycles. The zero-order valence-electron chi connectivity index (χ0n) is 16.4. The number of hydrogen-bond donors (Lipinski definition) is 0. The molecule has 0 rings (SSSR count). The molecule has 5 heteroatoms. The van der Waals surface area contributed by atoms with Crippen molar-refractivity contribution in [2.75, 3.05) is 0 Å². The van der Waals surface area contributed by atoms with Gasteiger partial charge in [-0.15, -0.1) is 12.3 Å². The van der Waals surface area contributed by atoms with E-state index < -0.39 is 0 Å². The largest absolute Gasteiger partial charge is 0.198 e. The Hall–Kier alpha value is -2.99. The first-order valence-electron chi connectivity index (χ1n) is 9.53. The minimum absolute atomic E-state index is 0.508. The van der Waals surface area contributed by atoms with Gasteiger partial charge in [0, 0.05) is 38.5 Å². The molecule has 0 spiro atoms. The van der Waals surface area contributed by atoms with Crippen molar-refractivity contribution in [3.63, 3.8) is 0 Å². The summed E-state index contributed by atoms with van der Waals surface area (Å²) in [7, 11) is 0. The smallest absolute Gasteiger partial charge is 0.0622 e. The van der Waals surface area contributed by atoms with E-state index in [1.165, 1.54) is 25.7 Å². The predicted octanol–water partition coefficient (Wildman–Crippen LogP) is 6.06. The van der Waals surface area contributed by atoms with Crippen molar-refractivity contribution >= 4 is 0 Å². The van der Waals surface area contributed by atoms with Crippen molar-refractivity contribution in [2.45, 2.75) is 96.3 Å². The molecule has 0 fully saturated rings. The molecule has 144 valence electrons. The summed E-state index contributed by atoms with van der Waals surface area (Å²) in [6.45, 7) is 0. The summed E-state index contributed by atoms with van der Waals surface area (Å²) in [6.07, 6.45) is 18.6. The van der Waals surface area contributed by atoms with Crippen molar-refractivity contribution in [2.24, 2.45) is 0 Å². The van der Waals surface area contributed by atoms with Gasteiger partial charge in [-0.25, -0.2) is 0 Å². The third kappa shape index (κ3) is 45.1. The zero-order valence-corrected chi connectivity index (χ0v) is 16.4. The first-order valence-corrected chi connectivity index (χ1v) is 9.53. The van der Waals surface area contributed by atoms with Crippen LogP contribution in [0, 0.1) is 69.0 Å². The number of terminal acetylenes is 1. The fraction of sp³-hybridized carbons (Fsp3) is 0.682. The molecular weight excluding hydrogens is 334 g/mol. The molecule has 0 aliphatic carbocycles. The Balaban J connectivity index is -0.000000336. The van der Waals surface area contributed by atoms with Gasteiger partial charge < -0.3 is 0 Å². The highest BCUT2D eigenvalue weighted by Crippen LogP contribution is 2.07. The molecule has 0 bridgehead atoms. The first kappa shape index (κ1) is 28.8. The molecule has 0 aliphatic rings. The molecule has 27 heavy (non-hydrogen) atoms. The molecule has 0 unspecified atom stereocenters. The molecular formula is C22H31N5. The normalized spacial score (nSPS) is 7.78. The molecule has 0 radical (unpaired) electrons. The van der Waals surface area contributed by atoms with Gasteiger partial charge in [-0.1, -0.05) is 25.7 Å². The minimum Gasteiger partial charge on any atom is -0.198 e. The summed E-state index contributed by atoms with van der Waals surface area (Å²) >= 11 is 0. The molecule has 0 saturated heterocycles. The lowest BCUT2D eigenvalue weighted by molar-refractivity contribution is 0.603. The lowest BCUT2D eigenvalue weighted by Crippen LogP contribution is -1.79. The van der Waals surface area contributed by atoms with Crippen LogP contribution < -0.4 is 0 Å². The fourth-order valence-corrected chi connectivity index (χ4v) is 1.79. The minimum atomic E-state index is 0.508. The number of unbranched alkanes of at least 4 members (excludes halogenated alkanes) is 12. The number of nitriles is 5. The second-order valence-electron chi connectivity index (χ2n) is 5.68. The van der Waals surface area contributed by atoms with Crippen LogP contribution in [0.15, 0.2) is 0 Å². The van der Waals surface area contributed by atoms with Gasteiger partial charge in [-0.3, -0.25) is 0 Å². The lowest BCUT2D eigenvalue weighted by Gasteiger charge is -1.97. The molecule has 0 aromatic heterocycles. The van der Waals surface area contributed by atoms with Crippen molar-refractivity contribution in [1.29, 1.82) is 26.3 Å². The third-order valence-electron chi connectivity index (χ3n) is 3.26. The summed E-state index contributed by atoms with van der Waals surface area (Å²) in [5, 5.41) is 40.2. The van der Waals surface area contributed by atoms with Crippen molar-refractivity contribution < 1.29 is 0 Å². The van der Waals surface area contributed by atoms with Gasteiger partial charge in [0.05, 0.1) is 30.3 Å². The molecule has 0 aromatic carbocycles. The Morgan fingerprint density at radius 2 is 0.630 bits per heavy atom. The van der Waals surface area contributed by atoms with Gasteiger partial charge in [0.15, 0.2) is 0 Å². The maximum atomic E-state index is 8.27. The van der Waals surface area contributed by atoms with Crippen LogP contribution in [-0.4, -0.2) is 0 Å². The van der Waals surface area contributed by atoms with Crippen LogP contribution in [0.2, 0.25) is 0 Å². The maximum absolute atomic E-state index is 8.27. The van der Waals surface area contributed by atoms with Crippen molar-refractivity contribution in [3.8, 4) is 42.7 Å². The van der Waals surface area contributed by atoms with Crippen molar-refractivity contribution in [1.82, 2.24) is 0 Å². The van der Waals surface area contributed by atoms with Crippen LogP contribution >= 0.6 is 0 Å². The molecule has 0 saturated carbocycles. The quantitative estimate of drug-likeness (QED) is 0.307. The zero-order chi connectivity index (χ0) is 20.8. The highest BCUT2D eigenvalue weighted by atomic mass is 14.2. The van der Waals surface area contributed by atoms with Crippen LogP contribution in [-0.2, 0) is 0 Å². The SMILES string of the molecule is C#CCCCCCCCCC#N.N#CCCCC#N.N#CCCCCC#N. The Bertz CT molecular complexity index is 490. The average molecular weight is 366 g/mol. The Morgan fingerprint density at radius 1 is 0.370 bits per heavy atom. The average Bonchev–Trinajstić information content (AvgIpc) is 2.69. The van der Waals surface area contributed by atoms with Gasteiger partial charge >= 0.3 is 0 Å². The molecule has 5 nitrogen and oxygen atoms in total. The van der Waals surface area contributed by atoms with Crippen LogP contribution in [0.3, 0.4) is 0 Å². The molecule has 0 aromatic rings. The fourth-order valence-electron chi connectivity index (χ4n) is 1.79. The van der Waals surface area contributed by atoms with Crippen LogP contribution in [0.4, 0.5) is 0 Å². The first-order chi connectivity index (χ1) is 13.2. The van der Waals surface area contributed by atoms with E-state index in [2.05, 4.69) is 12.0 Å². The molecule has 0 amide bonds. The highest BCUT2D eigenvalue weighted by Gasteiger charge is 1.89. The Morgan fingerprint density at radius 3 is 0.963 bits per heavy atom. The van der Waals surface area contributed by atoms with Gasteiger partial charge in [0.2, 0.25) is 0 Å². The third-order valence-corrected chi connectivity index (χ3v) is 3.26. The monoisotopic (exact) mass is 365 g/mol. The van der Waals surface area contributed by atoms with Crippen LogP contribution in [0.1, 0.15) is 96.3 Å². The topological polar surface area (TPSA) is 119 Å². The second-order valence-corrected chi connectivity index (χ2v) is 5.68. The predicted molar refractivity (Wildman–Crippen MR) is 106 cm³/mol. The van der Waals surface area contributed by atoms with E-state index in [-0.39, 0.29) is 0 Å². The summed E-state index contributed by atoms with van der Waals surface area (Å²) in [5.41, 5.74) is 0. The highest BCUT2D eigenvalue weighted by molar-refractivity contribution is 4.82. The van der Waals surface area contributed by atoms with Crippen LogP contribution in [0.25, 0.3) is 0 Å². The number of hydrogen-bond acceptors (Lipinski definition) is 5. The standard InChI is InChI=1S/C11H17N.C6H8N2.C5H6N2/c1-2-3-4-5-6-7-8-9-10-11-12;7-5-3-1-2-4-6-8;6-4-2-1-3-5-7/h1H,3-10H2;1-4H2;1-3H2. The summed E-state index contributed by atoms with van der Waals surface area (Å²) in [6, 6.07) is 10.1. The van der Waals surface area contributed by atoms with Gasteiger partial charge in [0.25, 0.3) is 0 Å². The van der Waals surface area contributed by atoms with E-state index in [0.29, 0.717) is 38.5 Å². The van der Waals surface area contributed by atoms with E-state index in [1.54, 1.807) is 0 Å². The van der Waals surface area contributed by atoms with E-state index in [0.717, 1.165) is 32.1 Å². The Kier molecular flexibility index (Phi) is 36.7. The second kappa shape index (κ2) is 34.4. The summed E-state index contributed by atoms with van der Waals surface area (Å²) in [4.78, 5) is 0. The van der Waals surface area contributed by atoms with E-state index in [1.807, 2.05) is 24.3 Å². The number of rotatable bonds is 12. The van der Waals surface area contributed by atoms with Gasteiger partial charge in [0.1, 0.15) is 0 Å². The van der Waals surface area contributed by atoms with Crippen LogP contribution in [0.5, 0.6) is 0 Å². The van der Waals surface area contributed by atoms with Crippen molar-refractivity contribution in [3.05, 3.63) is 0 Å². The molecule has 0 heterocycles. The van der Waals surface area contributed by atoms with E-state index >= 15 is 0 Å². The van der Waals surface area contributed by atoms with E-state index in [9.17, 15) is 0 Å². The molecule has 0 N–H and O–H groups in total. The number of nitrogens with zero attached hydrogens (tertiary/aromatic N) is 5. The van der Waals surface area contributed by atoms with E-state index in [4.69, 9.17) is 32.7 Å². The summed E-state index contributed by atoms with van der Waals surface area (Å²) in [5.74, 6) is 2.64. The molecule has 0 atom stereocenters. The van der Waals surface area contributed by atoms with Gasteiger partial charge in [-0.2, -0.15) is 26.3 Å². The lowest BCUT2D eigenvalue weighted by atomic mass is 10.1. The van der Waals surface area contributed by atoms with Gasteiger partial charge in [-0.05, 0) is 32.1 Å². The maximum Gasteiger partial charge on any atom is 0.0622 e. The summed E-state index contributed by atoms with van der Waals surface area (Å²) < 4.78 is 0.